The molecule has 3 rings (SSSR count). The number of nitrogens with one attached hydrogen (secondary N) is 1. The maximum Gasteiger partial charge on any atom is 0.387 e. The standard InChI is InChI=1S/C17H24F2N2O2/c1-2-22-16-9-12(3-4-15(16)23-17(18)19)10-21-8-6-14-13(11-21)5-7-20-14/h3-4,9,13-14,17,20H,2,5-8,10-11H2,1H3. The van der Waals surface area contributed by atoms with E-state index < -0.39 is 6.61 Å². The fourth-order valence-corrected chi connectivity index (χ4v) is 3.64. The Morgan fingerprint density at radius 3 is 2.96 bits per heavy atom. The largest absolute Gasteiger partial charge is 0.490 e. The van der Waals surface area contributed by atoms with Crippen LogP contribution in [-0.4, -0.2) is 43.8 Å². The highest BCUT2D eigenvalue weighted by Crippen LogP contribution is 2.31. The average molecular weight is 326 g/mol. The van der Waals surface area contributed by atoms with Gasteiger partial charge in [-0.05, 0) is 56.5 Å². The predicted octanol–water partition coefficient (Wildman–Crippen LogP) is 2.87. The van der Waals surface area contributed by atoms with Crippen LogP contribution in [0.5, 0.6) is 11.5 Å². The van der Waals surface area contributed by atoms with Gasteiger partial charge in [-0.1, -0.05) is 6.07 Å². The van der Waals surface area contributed by atoms with Gasteiger partial charge in [0.1, 0.15) is 0 Å². The number of alkyl halides is 2. The fraction of sp³-hybridized carbons (Fsp3) is 0.647. The highest BCUT2D eigenvalue weighted by Gasteiger charge is 2.32. The third kappa shape index (κ3) is 4.12. The third-order valence-electron chi connectivity index (χ3n) is 4.67. The van der Waals surface area contributed by atoms with Gasteiger partial charge in [-0.2, -0.15) is 8.78 Å². The predicted molar refractivity (Wildman–Crippen MR) is 84.0 cm³/mol. The Kier molecular flexibility index (Phi) is 5.33. The number of benzene rings is 1. The first-order valence-electron chi connectivity index (χ1n) is 8.32. The Bertz CT molecular complexity index is 527. The average Bonchev–Trinajstić information content (AvgIpc) is 2.97. The number of halogens is 2. The Morgan fingerprint density at radius 1 is 1.30 bits per heavy atom. The summed E-state index contributed by atoms with van der Waals surface area (Å²) in [7, 11) is 0. The molecule has 2 saturated heterocycles. The van der Waals surface area contributed by atoms with E-state index >= 15 is 0 Å². The van der Waals surface area contributed by atoms with E-state index in [2.05, 4.69) is 15.0 Å². The van der Waals surface area contributed by atoms with Crippen LogP contribution in [0.25, 0.3) is 0 Å². The van der Waals surface area contributed by atoms with Crippen LogP contribution in [0.1, 0.15) is 25.3 Å². The van der Waals surface area contributed by atoms with Gasteiger partial charge >= 0.3 is 6.61 Å². The highest BCUT2D eigenvalue weighted by molar-refractivity contribution is 5.43. The zero-order chi connectivity index (χ0) is 16.2. The zero-order valence-electron chi connectivity index (χ0n) is 13.4. The smallest absolute Gasteiger partial charge is 0.387 e. The second-order valence-electron chi connectivity index (χ2n) is 6.23. The van der Waals surface area contributed by atoms with E-state index in [1.807, 2.05) is 19.1 Å². The maximum atomic E-state index is 12.4. The van der Waals surface area contributed by atoms with E-state index in [9.17, 15) is 8.78 Å². The van der Waals surface area contributed by atoms with Crippen molar-refractivity contribution in [1.82, 2.24) is 10.2 Å². The van der Waals surface area contributed by atoms with Crippen molar-refractivity contribution in [3.63, 3.8) is 0 Å². The molecule has 0 radical (unpaired) electrons. The molecule has 2 aliphatic heterocycles. The van der Waals surface area contributed by atoms with Crippen molar-refractivity contribution in [3.8, 4) is 11.5 Å². The minimum absolute atomic E-state index is 0.101. The van der Waals surface area contributed by atoms with E-state index in [4.69, 9.17) is 4.74 Å². The van der Waals surface area contributed by atoms with Gasteiger partial charge in [-0.25, -0.2) is 0 Å². The fourth-order valence-electron chi connectivity index (χ4n) is 3.64. The van der Waals surface area contributed by atoms with Crippen molar-refractivity contribution in [1.29, 1.82) is 0 Å². The Labute approximate surface area is 135 Å². The van der Waals surface area contributed by atoms with Gasteiger partial charge in [0, 0.05) is 19.1 Å². The molecule has 2 fully saturated rings. The van der Waals surface area contributed by atoms with Crippen LogP contribution < -0.4 is 14.8 Å². The number of ether oxygens (including phenoxy) is 2. The SMILES string of the molecule is CCOc1cc(CN2CCC3NCCC3C2)ccc1OC(F)F. The van der Waals surface area contributed by atoms with Crippen LogP contribution in [0.15, 0.2) is 18.2 Å². The second-order valence-corrected chi connectivity index (χ2v) is 6.23. The number of hydrogen-bond acceptors (Lipinski definition) is 4. The van der Waals surface area contributed by atoms with Crippen molar-refractivity contribution in [2.45, 2.75) is 39.0 Å². The van der Waals surface area contributed by atoms with E-state index in [1.165, 1.54) is 12.8 Å². The summed E-state index contributed by atoms with van der Waals surface area (Å²) in [6.07, 6.45) is 2.42. The van der Waals surface area contributed by atoms with Crippen LogP contribution >= 0.6 is 0 Å². The van der Waals surface area contributed by atoms with Crippen LogP contribution in [0.3, 0.4) is 0 Å². The van der Waals surface area contributed by atoms with Crippen LogP contribution in [0.4, 0.5) is 8.78 Å². The van der Waals surface area contributed by atoms with Crippen molar-refractivity contribution in [2.75, 3.05) is 26.2 Å². The molecule has 6 heteroatoms. The Balaban J connectivity index is 1.66. The molecular formula is C17H24F2N2O2. The van der Waals surface area contributed by atoms with Crippen LogP contribution in [-0.2, 0) is 6.54 Å². The minimum atomic E-state index is -2.84. The van der Waals surface area contributed by atoms with Gasteiger partial charge < -0.3 is 14.8 Å². The van der Waals surface area contributed by atoms with Crippen molar-refractivity contribution >= 4 is 0 Å². The summed E-state index contributed by atoms with van der Waals surface area (Å²) >= 11 is 0. The number of hydrogen-bond donors (Lipinski definition) is 1. The van der Waals surface area contributed by atoms with Crippen LogP contribution in [0.2, 0.25) is 0 Å². The highest BCUT2D eigenvalue weighted by atomic mass is 19.3. The van der Waals surface area contributed by atoms with E-state index in [-0.39, 0.29) is 5.75 Å². The first kappa shape index (κ1) is 16.5. The molecule has 2 atom stereocenters. The lowest BCUT2D eigenvalue weighted by Gasteiger charge is -2.34. The molecule has 0 bridgehead atoms. The monoisotopic (exact) mass is 326 g/mol. The first-order chi connectivity index (χ1) is 11.2. The van der Waals surface area contributed by atoms with E-state index in [1.54, 1.807) is 6.07 Å². The van der Waals surface area contributed by atoms with Gasteiger partial charge in [-0.3, -0.25) is 4.90 Å². The molecular weight excluding hydrogens is 302 g/mol. The molecule has 0 aromatic heterocycles. The minimum Gasteiger partial charge on any atom is -0.490 e. The molecule has 1 aromatic carbocycles. The van der Waals surface area contributed by atoms with Gasteiger partial charge in [0.25, 0.3) is 0 Å². The molecule has 2 heterocycles. The molecule has 1 N–H and O–H groups in total. The van der Waals surface area contributed by atoms with Crippen molar-refractivity contribution < 1.29 is 18.3 Å². The Hall–Kier alpha value is -1.40. The van der Waals surface area contributed by atoms with E-state index in [0.29, 0.717) is 18.4 Å². The number of piperidine rings is 1. The summed E-state index contributed by atoms with van der Waals surface area (Å²) in [6.45, 7) is 3.51. The summed E-state index contributed by atoms with van der Waals surface area (Å²) in [5.74, 6) is 1.23. The summed E-state index contributed by atoms with van der Waals surface area (Å²) in [4.78, 5) is 2.44. The first-order valence-corrected chi connectivity index (χ1v) is 8.32. The topological polar surface area (TPSA) is 33.7 Å². The maximum absolute atomic E-state index is 12.4. The van der Waals surface area contributed by atoms with Gasteiger partial charge in [0.2, 0.25) is 0 Å². The summed E-state index contributed by atoms with van der Waals surface area (Å²) in [5.41, 5.74) is 1.07. The van der Waals surface area contributed by atoms with Gasteiger partial charge in [-0.15, -0.1) is 0 Å². The molecule has 0 saturated carbocycles. The number of nitrogens with zero attached hydrogens (tertiary/aromatic N) is 1. The molecule has 0 amide bonds. The molecule has 0 spiro atoms. The Morgan fingerprint density at radius 2 is 2.17 bits per heavy atom. The van der Waals surface area contributed by atoms with Crippen LogP contribution in [0, 0.1) is 5.92 Å². The summed E-state index contributed by atoms with van der Waals surface area (Å²) < 4.78 is 34.9. The number of fused-ring (bicyclic) bond motifs is 1. The second kappa shape index (κ2) is 7.45. The zero-order valence-corrected chi connectivity index (χ0v) is 13.4. The third-order valence-corrected chi connectivity index (χ3v) is 4.67. The quantitative estimate of drug-likeness (QED) is 0.872. The lowest BCUT2D eigenvalue weighted by molar-refractivity contribution is -0.0514. The molecule has 23 heavy (non-hydrogen) atoms. The van der Waals surface area contributed by atoms with E-state index in [0.717, 1.165) is 37.7 Å². The molecule has 2 aliphatic rings. The number of likely N-dealkylation sites (tertiary alicyclic amines) is 1. The lowest BCUT2D eigenvalue weighted by atomic mass is 9.93. The molecule has 128 valence electrons. The molecule has 0 aliphatic carbocycles. The molecule has 4 nitrogen and oxygen atoms in total. The normalized spacial score (nSPS) is 24.7. The van der Waals surface area contributed by atoms with Gasteiger partial charge in [0.05, 0.1) is 6.61 Å². The van der Waals surface area contributed by atoms with Crippen molar-refractivity contribution in [3.05, 3.63) is 23.8 Å². The summed E-state index contributed by atoms with van der Waals surface area (Å²) in [6, 6.07) is 5.92. The molecule has 2 unspecified atom stereocenters. The molecule has 1 aromatic rings. The number of rotatable bonds is 6. The van der Waals surface area contributed by atoms with Crippen molar-refractivity contribution in [2.24, 2.45) is 5.92 Å². The van der Waals surface area contributed by atoms with Gasteiger partial charge in [0.15, 0.2) is 11.5 Å². The lowest BCUT2D eigenvalue weighted by Crippen LogP contribution is -2.43. The summed E-state index contributed by atoms with van der Waals surface area (Å²) in [5, 5.41) is 3.56.